The van der Waals surface area contributed by atoms with Crippen LogP contribution >= 0.6 is 0 Å². The van der Waals surface area contributed by atoms with Crippen molar-refractivity contribution in [2.75, 3.05) is 6.61 Å². The van der Waals surface area contributed by atoms with Crippen molar-refractivity contribution in [3.63, 3.8) is 0 Å². The van der Waals surface area contributed by atoms with Gasteiger partial charge in [-0.2, -0.15) is 0 Å². The van der Waals surface area contributed by atoms with E-state index in [1.165, 1.54) is 6.07 Å². The number of hydrogen-bond donors (Lipinski definition) is 1. The summed E-state index contributed by atoms with van der Waals surface area (Å²) in [4.78, 5) is 24.1. The maximum atomic E-state index is 13.5. The third-order valence-electron chi connectivity index (χ3n) is 3.77. The SMILES string of the molecule is CCCCOC(=O)C1=C(C)NC(=O)CC1c1ccc(F)c(F)c1. The molecule has 0 saturated heterocycles. The summed E-state index contributed by atoms with van der Waals surface area (Å²) in [5.74, 6) is -3.44. The van der Waals surface area contributed by atoms with Crippen LogP contribution in [0.2, 0.25) is 0 Å². The average molecular weight is 323 g/mol. The van der Waals surface area contributed by atoms with Crippen molar-refractivity contribution in [3.8, 4) is 0 Å². The van der Waals surface area contributed by atoms with Crippen molar-refractivity contribution in [3.05, 3.63) is 46.7 Å². The van der Waals surface area contributed by atoms with Crippen LogP contribution in [-0.4, -0.2) is 18.5 Å². The maximum Gasteiger partial charge on any atom is 0.336 e. The Morgan fingerprint density at radius 3 is 2.74 bits per heavy atom. The molecule has 0 bridgehead atoms. The van der Waals surface area contributed by atoms with Gasteiger partial charge in [-0.3, -0.25) is 4.79 Å². The van der Waals surface area contributed by atoms with E-state index in [0.29, 0.717) is 11.3 Å². The van der Waals surface area contributed by atoms with Crippen molar-refractivity contribution in [2.45, 2.75) is 39.0 Å². The number of hydrogen-bond acceptors (Lipinski definition) is 3. The van der Waals surface area contributed by atoms with E-state index in [2.05, 4.69) is 5.32 Å². The second-order valence-electron chi connectivity index (χ2n) is 5.51. The highest BCUT2D eigenvalue weighted by Crippen LogP contribution is 2.34. The van der Waals surface area contributed by atoms with Crippen LogP contribution in [0.3, 0.4) is 0 Å². The number of amides is 1. The van der Waals surface area contributed by atoms with Gasteiger partial charge in [-0.05, 0) is 31.0 Å². The Morgan fingerprint density at radius 1 is 1.35 bits per heavy atom. The van der Waals surface area contributed by atoms with Crippen LogP contribution in [0.1, 0.15) is 44.6 Å². The van der Waals surface area contributed by atoms with E-state index in [-0.39, 0.29) is 24.5 Å². The Morgan fingerprint density at radius 2 is 2.09 bits per heavy atom. The summed E-state index contributed by atoms with van der Waals surface area (Å²) in [6.45, 7) is 3.86. The fraction of sp³-hybridized carbons (Fsp3) is 0.412. The Hall–Kier alpha value is -2.24. The Labute approximate surface area is 133 Å². The van der Waals surface area contributed by atoms with Crippen LogP contribution in [0, 0.1) is 11.6 Å². The van der Waals surface area contributed by atoms with E-state index in [9.17, 15) is 18.4 Å². The van der Waals surface area contributed by atoms with Gasteiger partial charge in [0.05, 0.1) is 12.2 Å². The number of allylic oxidation sites excluding steroid dienone is 1. The van der Waals surface area contributed by atoms with Crippen molar-refractivity contribution in [2.24, 2.45) is 0 Å². The number of ether oxygens (including phenoxy) is 1. The summed E-state index contributed by atoms with van der Waals surface area (Å²) in [5.41, 5.74) is 1.05. The van der Waals surface area contributed by atoms with Gasteiger partial charge in [-0.15, -0.1) is 0 Å². The second kappa shape index (κ2) is 7.35. The fourth-order valence-corrected chi connectivity index (χ4v) is 2.57. The van der Waals surface area contributed by atoms with Crippen molar-refractivity contribution in [1.82, 2.24) is 5.32 Å². The predicted octanol–water partition coefficient (Wildman–Crippen LogP) is 3.19. The minimum Gasteiger partial charge on any atom is -0.462 e. The average Bonchev–Trinajstić information content (AvgIpc) is 2.49. The summed E-state index contributed by atoms with van der Waals surface area (Å²) in [7, 11) is 0. The lowest BCUT2D eigenvalue weighted by molar-refractivity contribution is -0.139. The van der Waals surface area contributed by atoms with Crippen molar-refractivity contribution < 1.29 is 23.1 Å². The summed E-state index contributed by atoms with van der Waals surface area (Å²) in [6, 6.07) is 3.39. The van der Waals surface area contributed by atoms with Gasteiger partial charge in [-0.1, -0.05) is 19.4 Å². The molecule has 1 aliphatic heterocycles. The smallest absolute Gasteiger partial charge is 0.336 e. The molecule has 1 aliphatic rings. The van der Waals surface area contributed by atoms with Gasteiger partial charge in [0.1, 0.15) is 0 Å². The molecule has 0 saturated carbocycles. The summed E-state index contributed by atoms with van der Waals surface area (Å²) in [6.07, 6.45) is 1.61. The number of halogens is 2. The summed E-state index contributed by atoms with van der Waals surface area (Å²) < 4.78 is 31.8. The van der Waals surface area contributed by atoms with E-state index < -0.39 is 23.5 Å². The van der Waals surface area contributed by atoms with Crippen molar-refractivity contribution >= 4 is 11.9 Å². The molecule has 1 N–H and O–H groups in total. The van der Waals surface area contributed by atoms with Crippen LogP contribution in [-0.2, 0) is 14.3 Å². The van der Waals surface area contributed by atoms with Crippen LogP contribution in [0.4, 0.5) is 8.78 Å². The topological polar surface area (TPSA) is 55.4 Å². The van der Waals surface area contributed by atoms with E-state index in [1.807, 2.05) is 6.92 Å². The molecule has 23 heavy (non-hydrogen) atoms. The third kappa shape index (κ3) is 3.94. The number of carbonyl (C=O) groups excluding carboxylic acids is 2. The highest BCUT2D eigenvalue weighted by Gasteiger charge is 2.33. The molecule has 2 rings (SSSR count). The minimum absolute atomic E-state index is 0.0133. The normalized spacial score (nSPS) is 17.9. The molecule has 6 heteroatoms. The summed E-state index contributed by atoms with van der Waals surface area (Å²) >= 11 is 0. The zero-order valence-corrected chi connectivity index (χ0v) is 13.1. The summed E-state index contributed by atoms with van der Waals surface area (Å²) in [5, 5.41) is 2.60. The highest BCUT2D eigenvalue weighted by atomic mass is 19.2. The van der Waals surface area contributed by atoms with Crippen LogP contribution in [0.25, 0.3) is 0 Å². The van der Waals surface area contributed by atoms with Gasteiger partial charge in [0.25, 0.3) is 0 Å². The molecule has 1 atom stereocenters. The van der Waals surface area contributed by atoms with Gasteiger partial charge in [-0.25, -0.2) is 13.6 Å². The van der Waals surface area contributed by atoms with Crippen LogP contribution < -0.4 is 5.32 Å². The van der Waals surface area contributed by atoms with E-state index >= 15 is 0 Å². The quantitative estimate of drug-likeness (QED) is 0.669. The zero-order chi connectivity index (χ0) is 17.0. The molecular formula is C17H19F2NO3. The molecule has 1 aromatic rings. The number of nitrogens with one attached hydrogen (secondary N) is 1. The molecule has 1 amide bonds. The first kappa shape index (κ1) is 17.1. The molecule has 1 aromatic carbocycles. The lowest BCUT2D eigenvalue weighted by Crippen LogP contribution is -2.34. The Kier molecular flexibility index (Phi) is 5.47. The zero-order valence-electron chi connectivity index (χ0n) is 13.1. The fourth-order valence-electron chi connectivity index (χ4n) is 2.57. The Bertz CT molecular complexity index is 655. The molecule has 0 aromatic heterocycles. The van der Waals surface area contributed by atoms with E-state index in [0.717, 1.165) is 25.0 Å². The van der Waals surface area contributed by atoms with Gasteiger partial charge in [0.2, 0.25) is 5.91 Å². The third-order valence-corrected chi connectivity index (χ3v) is 3.77. The van der Waals surface area contributed by atoms with E-state index in [4.69, 9.17) is 4.74 Å². The van der Waals surface area contributed by atoms with Gasteiger partial charge < -0.3 is 10.1 Å². The molecular weight excluding hydrogens is 304 g/mol. The number of esters is 1. The number of unbranched alkanes of at least 4 members (excludes halogenated alkanes) is 1. The van der Waals surface area contributed by atoms with Gasteiger partial charge in [0.15, 0.2) is 11.6 Å². The molecule has 0 spiro atoms. The maximum absolute atomic E-state index is 13.5. The Balaban J connectivity index is 2.33. The second-order valence-corrected chi connectivity index (χ2v) is 5.51. The van der Waals surface area contributed by atoms with Crippen molar-refractivity contribution in [1.29, 1.82) is 0 Å². The first-order valence-corrected chi connectivity index (χ1v) is 7.56. The minimum atomic E-state index is -1.01. The molecule has 0 radical (unpaired) electrons. The standard InChI is InChI=1S/C17H19F2NO3/c1-3-4-7-23-17(22)16-10(2)20-15(21)9-12(16)11-5-6-13(18)14(19)8-11/h5-6,8,12H,3-4,7,9H2,1-2H3,(H,20,21). The number of rotatable bonds is 5. The largest absolute Gasteiger partial charge is 0.462 e. The predicted molar refractivity (Wildman–Crippen MR) is 80.4 cm³/mol. The molecule has 0 fully saturated rings. The molecule has 4 nitrogen and oxygen atoms in total. The number of carbonyl (C=O) groups is 2. The lowest BCUT2D eigenvalue weighted by atomic mass is 9.84. The first-order valence-electron chi connectivity index (χ1n) is 7.56. The lowest BCUT2D eigenvalue weighted by Gasteiger charge is -2.26. The van der Waals surface area contributed by atoms with Gasteiger partial charge in [0, 0.05) is 18.0 Å². The van der Waals surface area contributed by atoms with Crippen LogP contribution in [0.5, 0.6) is 0 Å². The highest BCUT2D eigenvalue weighted by molar-refractivity contribution is 5.95. The first-order chi connectivity index (χ1) is 10.9. The monoisotopic (exact) mass is 323 g/mol. The van der Waals surface area contributed by atoms with Crippen LogP contribution in [0.15, 0.2) is 29.5 Å². The molecule has 1 heterocycles. The molecule has 1 unspecified atom stereocenters. The number of benzene rings is 1. The molecule has 0 aliphatic carbocycles. The van der Waals surface area contributed by atoms with E-state index in [1.54, 1.807) is 6.92 Å². The van der Waals surface area contributed by atoms with Gasteiger partial charge >= 0.3 is 5.97 Å². The molecule has 124 valence electrons.